The molecule has 0 aliphatic rings. The molecular formula is C14H12N2O2. The number of nitrogens with zero attached hydrogens (tertiary/aromatic N) is 2. The number of anilines is 3. The number of hydrogen-bond donors (Lipinski definition) is 0. The minimum Gasteiger partial charge on any atom is -0.448 e. The van der Waals surface area contributed by atoms with E-state index < -0.39 is 0 Å². The highest BCUT2D eigenvalue weighted by Crippen LogP contribution is 2.34. The van der Waals surface area contributed by atoms with Crippen LogP contribution in [0.4, 0.5) is 17.5 Å². The number of aromatic nitrogens is 1. The van der Waals surface area contributed by atoms with Gasteiger partial charge in [0.15, 0.2) is 0 Å². The van der Waals surface area contributed by atoms with Crippen molar-refractivity contribution < 1.29 is 8.83 Å². The minimum absolute atomic E-state index is 0.690. The van der Waals surface area contributed by atoms with E-state index in [9.17, 15) is 0 Å². The molecule has 4 nitrogen and oxygen atoms in total. The van der Waals surface area contributed by atoms with Crippen LogP contribution in [0.3, 0.4) is 0 Å². The average Bonchev–Trinajstić information content (AvgIpc) is 3.06. The molecule has 0 atom stereocenters. The topological polar surface area (TPSA) is 42.4 Å². The van der Waals surface area contributed by atoms with Crippen LogP contribution in [0, 0.1) is 6.92 Å². The summed E-state index contributed by atoms with van der Waals surface area (Å²) in [5.41, 5.74) is 1.86. The maximum absolute atomic E-state index is 5.44. The van der Waals surface area contributed by atoms with Crippen molar-refractivity contribution >= 4 is 17.5 Å². The quantitative estimate of drug-likeness (QED) is 0.692. The molecule has 0 unspecified atom stereocenters. The van der Waals surface area contributed by atoms with E-state index in [1.165, 1.54) is 0 Å². The molecule has 0 radical (unpaired) electrons. The van der Waals surface area contributed by atoms with E-state index in [2.05, 4.69) is 4.98 Å². The van der Waals surface area contributed by atoms with Gasteiger partial charge in [-0.15, -0.1) is 0 Å². The van der Waals surface area contributed by atoms with Crippen LogP contribution < -0.4 is 4.90 Å². The molecule has 3 heterocycles. The summed E-state index contributed by atoms with van der Waals surface area (Å²) in [5, 5.41) is 0. The Morgan fingerprint density at radius 2 is 1.61 bits per heavy atom. The van der Waals surface area contributed by atoms with Gasteiger partial charge in [-0.1, -0.05) is 0 Å². The Kier molecular flexibility index (Phi) is 2.61. The Morgan fingerprint density at radius 1 is 0.944 bits per heavy atom. The highest BCUT2D eigenvalue weighted by Gasteiger charge is 2.16. The monoisotopic (exact) mass is 240 g/mol. The molecule has 90 valence electrons. The van der Waals surface area contributed by atoms with Crippen LogP contribution in [0.15, 0.2) is 64.0 Å². The lowest BCUT2D eigenvalue weighted by molar-refractivity contribution is 0.539. The smallest absolute Gasteiger partial charge is 0.206 e. The Balaban J connectivity index is 2.08. The summed E-state index contributed by atoms with van der Waals surface area (Å²) in [6.45, 7) is 1.95. The molecule has 3 aromatic heterocycles. The normalized spacial score (nSPS) is 10.5. The number of furan rings is 2. The molecule has 0 saturated heterocycles. The first kappa shape index (κ1) is 10.7. The second kappa shape index (κ2) is 4.41. The molecule has 18 heavy (non-hydrogen) atoms. The van der Waals surface area contributed by atoms with Gasteiger partial charge in [0.25, 0.3) is 0 Å². The summed E-state index contributed by atoms with van der Waals surface area (Å²) >= 11 is 0. The van der Waals surface area contributed by atoms with Crippen molar-refractivity contribution in [2.75, 3.05) is 4.90 Å². The number of pyridine rings is 1. The SMILES string of the molecule is Cc1ccc(N(c2ccco2)c2ccco2)cn1. The van der Waals surface area contributed by atoms with E-state index in [1.54, 1.807) is 18.7 Å². The van der Waals surface area contributed by atoms with Gasteiger partial charge in [-0.3, -0.25) is 4.98 Å². The average molecular weight is 240 g/mol. The molecular weight excluding hydrogens is 228 g/mol. The van der Waals surface area contributed by atoms with Crippen molar-refractivity contribution in [3.05, 3.63) is 60.8 Å². The standard InChI is InChI=1S/C14H12N2O2/c1-11-6-7-12(10-15-11)16(13-4-2-8-17-13)14-5-3-9-18-14/h2-10H,1H3. The van der Waals surface area contributed by atoms with Gasteiger partial charge in [-0.25, -0.2) is 4.90 Å². The fourth-order valence-corrected chi connectivity index (χ4v) is 1.75. The summed E-state index contributed by atoms with van der Waals surface area (Å²) in [5.74, 6) is 1.38. The molecule has 0 fully saturated rings. The molecule has 0 bridgehead atoms. The summed E-state index contributed by atoms with van der Waals surface area (Å²) in [4.78, 5) is 6.16. The van der Waals surface area contributed by atoms with E-state index in [1.807, 2.05) is 48.2 Å². The predicted octanol–water partition coefficient (Wildman–Crippen LogP) is 4.05. The Labute approximate surface area is 104 Å². The van der Waals surface area contributed by atoms with Gasteiger partial charge < -0.3 is 8.83 Å². The molecule has 0 amide bonds. The third kappa shape index (κ3) is 1.88. The molecule has 3 rings (SSSR count). The van der Waals surface area contributed by atoms with Gasteiger partial charge in [-0.05, 0) is 31.2 Å². The first-order valence-electron chi connectivity index (χ1n) is 5.64. The van der Waals surface area contributed by atoms with Gasteiger partial charge in [0.2, 0.25) is 11.8 Å². The summed E-state index contributed by atoms with van der Waals surface area (Å²) in [7, 11) is 0. The van der Waals surface area contributed by atoms with Crippen LogP contribution in [0.2, 0.25) is 0 Å². The van der Waals surface area contributed by atoms with Crippen LogP contribution in [0.1, 0.15) is 5.69 Å². The molecule has 0 N–H and O–H groups in total. The van der Waals surface area contributed by atoms with Crippen molar-refractivity contribution in [2.45, 2.75) is 6.92 Å². The van der Waals surface area contributed by atoms with Gasteiger partial charge in [0.05, 0.1) is 24.4 Å². The molecule has 0 aliphatic heterocycles. The summed E-state index contributed by atoms with van der Waals surface area (Å²) in [6.07, 6.45) is 5.06. The van der Waals surface area contributed by atoms with E-state index in [4.69, 9.17) is 8.83 Å². The van der Waals surface area contributed by atoms with Gasteiger partial charge >= 0.3 is 0 Å². The zero-order chi connectivity index (χ0) is 12.4. The highest BCUT2D eigenvalue weighted by molar-refractivity contribution is 5.69. The van der Waals surface area contributed by atoms with Crippen LogP contribution in [-0.2, 0) is 0 Å². The molecule has 4 heteroatoms. The number of rotatable bonds is 3. The number of hydrogen-bond acceptors (Lipinski definition) is 4. The first-order chi connectivity index (χ1) is 8.84. The third-order valence-corrected chi connectivity index (χ3v) is 2.61. The molecule has 0 spiro atoms. The number of aryl methyl sites for hydroxylation is 1. The van der Waals surface area contributed by atoms with Crippen LogP contribution in [-0.4, -0.2) is 4.98 Å². The van der Waals surface area contributed by atoms with Crippen molar-refractivity contribution in [2.24, 2.45) is 0 Å². The summed E-state index contributed by atoms with van der Waals surface area (Å²) < 4.78 is 10.9. The zero-order valence-electron chi connectivity index (χ0n) is 9.91. The molecule has 0 saturated carbocycles. The van der Waals surface area contributed by atoms with Crippen LogP contribution in [0.5, 0.6) is 0 Å². The molecule has 0 aromatic carbocycles. The van der Waals surface area contributed by atoms with Crippen molar-refractivity contribution in [3.63, 3.8) is 0 Å². The third-order valence-electron chi connectivity index (χ3n) is 2.61. The van der Waals surface area contributed by atoms with E-state index in [0.29, 0.717) is 11.8 Å². The lowest BCUT2D eigenvalue weighted by Gasteiger charge is -2.18. The van der Waals surface area contributed by atoms with Crippen molar-refractivity contribution in [1.82, 2.24) is 4.98 Å². The van der Waals surface area contributed by atoms with Gasteiger partial charge in [0.1, 0.15) is 0 Å². The second-order valence-corrected chi connectivity index (χ2v) is 3.90. The molecule has 0 aliphatic carbocycles. The first-order valence-corrected chi connectivity index (χ1v) is 5.64. The Bertz CT molecular complexity index is 564. The Hall–Kier alpha value is -2.49. The Morgan fingerprint density at radius 3 is 2.06 bits per heavy atom. The largest absolute Gasteiger partial charge is 0.448 e. The zero-order valence-corrected chi connectivity index (χ0v) is 9.91. The minimum atomic E-state index is 0.690. The van der Waals surface area contributed by atoms with E-state index in [-0.39, 0.29) is 0 Å². The van der Waals surface area contributed by atoms with E-state index >= 15 is 0 Å². The lowest BCUT2D eigenvalue weighted by Crippen LogP contribution is -2.08. The van der Waals surface area contributed by atoms with E-state index in [0.717, 1.165) is 11.4 Å². The van der Waals surface area contributed by atoms with Crippen molar-refractivity contribution in [3.8, 4) is 0 Å². The molecule has 3 aromatic rings. The fraction of sp³-hybridized carbons (Fsp3) is 0.0714. The van der Waals surface area contributed by atoms with Crippen LogP contribution >= 0.6 is 0 Å². The lowest BCUT2D eigenvalue weighted by atomic mass is 10.3. The van der Waals surface area contributed by atoms with Crippen LogP contribution in [0.25, 0.3) is 0 Å². The van der Waals surface area contributed by atoms with Gasteiger partial charge in [0, 0.05) is 17.8 Å². The van der Waals surface area contributed by atoms with Gasteiger partial charge in [-0.2, -0.15) is 0 Å². The summed E-state index contributed by atoms with van der Waals surface area (Å²) in [6, 6.07) is 11.4. The fourth-order valence-electron chi connectivity index (χ4n) is 1.75. The van der Waals surface area contributed by atoms with Crippen molar-refractivity contribution in [1.29, 1.82) is 0 Å². The second-order valence-electron chi connectivity index (χ2n) is 3.90. The predicted molar refractivity (Wildman–Crippen MR) is 68.2 cm³/mol. The maximum atomic E-state index is 5.44. The maximum Gasteiger partial charge on any atom is 0.206 e. The highest BCUT2D eigenvalue weighted by atomic mass is 16.4.